The number of anilines is 1. The molecule has 0 unspecified atom stereocenters. The lowest BCUT2D eigenvalue weighted by Gasteiger charge is -2.13. The van der Waals surface area contributed by atoms with Gasteiger partial charge in [-0.25, -0.2) is 0 Å². The average Bonchev–Trinajstić information content (AvgIpc) is 3.15. The van der Waals surface area contributed by atoms with Gasteiger partial charge in [-0.15, -0.1) is 11.8 Å². The topological polar surface area (TPSA) is 88.1 Å². The molecule has 1 heterocycles. The highest BCUT2D eigenvalue weighted by Crippen LogP contribution is 2.28. The van der Waals surface area contributed by atoms with Crippen molar-refractivity contribution in [3.8, 4) is 11.8 Å². The first-order valence-corrected chi connectivity index (χ1v) is 9.93. The maximum Gasteiger partial charge on any atom is 0.422 e. The van der Waals surface area contributed by atoms with Gasteiger partial charge >= 0.3 is 6.18 Å². The van der Waals surface area contributed by atoms with Gasteiger partial charge in [0, 0.05) is 16.6 Å². The summed E-state index contributed by atoms with van der Waals surface area (Å²) in [6.45, 7) is 0.302. The van der Waals surface area contributed by atoms with E-state index in [1.54, 1.807) is 30.3 Å². The number of carbonyl (C=O) groups excluding carboxylic acids is 1. The molecule has 1 aromatic heterocycles. The molecule has 0 aliphatic rings. The van der Waals surface area contributed by atoms with Crippen molar-refractivity contribution in [2.45, 2.75) is 23.7 Å². The predicted octanol–water partition coefficient (Wildman–Crippen LogP) is 5.34. The molecule has 0 saturated carbocycles. The van der Waals surface area contributed by atoms with Crippen molar-refractivity contribution in [1.82, 2.24) is 5.16 Å². The largest absolute Gasteiger partial charge is 0.483 e. The molecule has 0 atom stereocenters. The number of amides is 1. The first kappa shape index (κ1) is 22.2. The highest BCUT2D eigenvalue weighted by atomic mass is 32.2. The number of ether oxygens (including phenoxy) is 1. The Morgan fingerprint density at radius 2 is 2.03 bits per heavy atom. The van der Waals surface area contributed by atoms with E-state index >= 15 is 0 Å². The summed E-state index contributed by atoms with van der Waals surface area (Å²) in [5.74, 6) is 0.515. The molecule has 10 heteroatoms. The molecule has 160 valence electrons. The number of aromatic nitrogens is 1. The van der Waals surface area contributed by atoms with E-state index in [1.165, 1.54) is 30.0 Å². The molecule has 2 aromatic carbocycles. The van der Waals surface area contributed by atoms with Gasteiger partial charge in [0.15, 0.2) is 6.61 Å². The van der Waals surface area contributed by atoms with Crippen LogP contribution < -0.4 is 10.1 Å². The molecule has 1 amide bonds. The highest BCUT2D eigenvalue weighted by molar-refractivity contribution is 7.98. The number of hydrogen-bond donors (Lipinski definition) is 1. The minimum absolute atomic E-state index is 0.120. The lowest BCUT2D eigenvalue weighted by Crippen LogP contribution is -2.19. The zero-order valence-corrected chi connectivity index (χ0v) is 17.0. The minimum Gasteiger partial charge on any atom is -0.483 e. The predicted molar refractivity (Wildman–Crippen MR) is 108 cm³/mol. The molecule has 0 spiro atoms. The van der Waals surface area contributed by atoms with E-state index < -0.39 is 18.7 Å². The molecule has 0 fully saturated rings. The lowest BCUT2D eigenvalue weighted by atomic mass is 10.1. The van der Waals surface area contributed by atoms with Crippen molar-refractivity contribution in [2.75, 3.05) is 11.9 Å². The van der Waals surface area contributed by atoms with Gasteiger partial charge in [0.25, 0.3) is 5.91 Å². The van der Waals surface area contributed by atoms with Crippen molar-refractivity contribution >= 4 is 23.4 Å². The fourth-order valence-electron chi connectivity index (χ4n) is 2.59. The summed E-state index contributed by atoms with van der Waals surface area (Å²) in [5, 5.41) is 15.7. The van der Waals surface area contributed by atoms with Crippen LogP contribution in [0.3, 0.4) is 0 Å². The number of nitriles is 1. The standard InChI is InChI=1S/C21H16F3N3O3S/c1-13-8-16(30-27-13)11-31-19-5-3-2-4-17(19)20(28)26-15-6-7-18(14(9-15)10-25)29-12-21(22,23)24/h2-9H,11-12H2,1H3,(H,26,28). The van der Waals surface area contributed by atoms with Crippen LogP contribution in [0.25, 0.3) is 0 Å². The minimum atomic E-state index is -4.52. The number of halogens is 3. The van der Waals surface area contributed by atoms with Crippen molar-refractivity contribution in [3.05, 3.63) is 71.1 Å². The van der Waals surface area contributed by atoms with Crippen molar-refractivity contribution in [2.24, 2.45) is 0 Å². The molecule has 0 saturated heterocycles. The number of rotatable bonds is 7. The summed E-state index contributed by atoms with van der Waals surface area (Å²) in [6.07, 6.45) is -4.52. The van der Waals surface area contributed by atoms with Crippen molar-refractivity contribution in [1.29, 1.82) is 5.26 Å². The number of carbonyl (C=O) groups is 1. The van der Waals surface area contributed by atoms with E-state index in [-0.39, 0.29) is 17.0 Å². The lowest BCUT2D eigenvalue weighted by molar-refractivity contribution is -0.153. The zero-order chi connectivity index (χ0) is 22.4. The molecule has 0 bridgehead atoms. The van der Waals surface area contributed by atoms with Crippen LogP contribution in [-0.2, 0) is 5.75 Å². The van der Waals surface area contributed by atoms with Gasteiger partial charge in [0.1, 0.15) is 17.6 Å². The number of nitrogens with one attached hydrogen (secondary N) is 1. The van der Waals surface area contributed by atoms with Gasteiger partial charge in [-0.2, -0.15) is 18.4 Å². The Hall–Kier alpha value is -3.45. The Morgan fingerprint density at radius 1 is 1.26 bits per heavy atom. The molecule has 3 rings (SSSR count). The molecular weight excluding hydrogens is 431 g/mol. The molecule has 0 radical (unpaired) electrons. The molecule has 6 nitrogen and oxygen atoms in total. The molecule has 31 heavy (non-hydrogen) atoms. The summed E-state index contributed by atoms with van der Waals surface area (Å²) in [6, 6.07) is 14.4. The summed E-state index contributed by atoms with van der Waals surface area (Å²) in [5.41, 5.74) is 1.30. The fourth-order valence-corrected chi connectivity index (χ4v) is 3.52. The smallest absolute Gasteiger partial charge is 0.422 e. The molecule has 0 aliphatic heterocycles. The molecular formula is C21H16F3N3O3S. The summed E-state index contributed by atoms with van der Waals surface area (Å²) >= 11 is 1.40. The maximum atomic E-state index is 12.8. The van der Waals surface area contributed by atoms with E-state index in [2.05, 4.69) is 15.2 Å². The quantitative estimate of drug-likeness (QED) is 0.492. The number of aryl methyl sites for hydroxylation is 1. The Labute approximate surface area is 180 Å². The first-order chi connectivity index (χ1) is 14.7. The Bertz CT molecular complexity index is 1120. The van der Waals surface area contributed by atoms with Gasteiger partial charge in [-0.3, -0.25) is 4.79 Å². The van der Waals surface area contributed by atoms with E-state index in [0.29, 0.717) is 22.0 Å². The third kappa shape index (κ3) is 6.26. The van der Waals surface area contributed by atoms with Gasteiger partial charge in [-0.1, -0.05) is 17.3 Å². The maximum absolute atomic E-state index is 12.8. The zero-order valence-electron chi connectivity index (χ0n) is 16.2. The SMILES string of the molecule is Cc1cc(CSc2ccccc2C(=O)Nc2ccc(OCC(F)(F)F)c(C#N)c2)on1. The Morgan fingerprint density at radius 3 is 2.71 bits per heavy atom. The number of hydrogen-bond acceptors (Lipinski definition) is 6. The highest BCUT2D eigenvalue weighted by Gasteiger charge is 2.29. The van der Waals surface area contributed by atoms with Crippen LogP contribution in [-0.4, -0.2) is 23.8 Å². The summed E-state index contributed by atoms with van der Waals surface area (Å²) in [4.78, 5) is 13.5. The second-order valence-corrected chi connectivity index (χ2v) is 7.42. The van der Waals surface area contributed by atoms with Crippen LogP contribution in [0.2, 0.25) is 0 Å². The van der Waals surface area contributed by atoms with Crippen LogP contribution in [0.4, 0.5) is 18.9 Å². The number of nitrogens with zero attached hydrogens (tertiary/aromatic N) is 2. The molecule has 1 N–H and O–H groups in total. The van der Waals surface area contributed by atoms with Crippen LogP contribution >= 0.6 is 11.8 Å². The van der Waals surface area contributed by atoms with Crippen LogP contribution in [0.15, 0.2) is 57.9 Å². The average molecular weight is 447 g/mol. The molecule has 0 aliphatic carbocycles. The van der Waals surface area contributed by atoms with Crippen LogP contribution in [0.5, 0.6) is 5.75 Å². The second-order valence-electron chi connectivity index (χ2n) is 6.40. The monoisotopic (exact) mass is 447 g/mol. The van der Waals surface area contributed by atoms with Gasteiger partial charge in [0.05, 0.1) is 22.6 Å². The number of thioether (sulfide) groups is 1. The van der Waals surface area contributed by atoms with Crippen molar-refractivity contribution < 1.29 is 27.2 Å². The summed E-state index contributed by atoms with van der Waals surface area (Å²) in [7, 11) is 0. The van der Waals surface area contributed by atoms with Gasteiger partial charge in [-0.05, 0) is 37.3 Å². The van der Waals surface area contributed by atoms with E-state index in [9.17, 15) is 23.2 Å². The Kier molecular flexibility index (Phi) is 6.87. The van der Waals surface area contributed by atoms with E-state index in [4.69, 9.17) is 4.52 Å². The third-order valence-corrected chi connectivity index (χ3v) is 5.02. The number of benzene rings is 2. The first-order valence-electron chi connectivity index (χ1n) is 8.94. The second kappa shape index (κ2) is 9.57. The molecule has 3 aromatic rings. The Balaban J connectivity index is 1.72. The van der Waals surface area contributed by atoms with Crippen LogP contribution in [0, 0.1) is 18.3 Å². The summed E-state index contributed by atoms with van der Waals surface area (Å²) < 4.78 is 46.9. The van der Waals surface area contributed by atoms with Gasteiger partial charge in [0.2, 0.25) is 0 Å². The van der Waals surface area contributed by atoms with Gasteiger partial charge < -0.3 is 14.6 Å². The normalized spacial score (nSPS) is 11.1. The third-order valence-electron chi connectivity index (χ3n) is 3.93. The van der Waals surface area contributed by atoms with E-state index in [0.717, 1.165) is 5.69 Å². The van der Waals surface area contributed by atoms with Crippen LogP contribution in [0.1, 0.15) is 27.4 Å². The number of alkyl halides is 3. The fraction of sp³-hybridized carbons (Fsp3) is 0.190. The van der Waals surface area contributed by atoms with Crippen molar-refractivity contribution in [3.63, 3.8) is 0 Å². The van der Waals surface area contributed by atoms with E-state index in [1.807, 2.05) is 13.0 Å².